The molecule has 3 N–H and O–H groups in total. The Morgan fingerprint density at radius 3 is 2.51 bits per heavy atom. The quantitative estimate of drug-likeness (QED) is 0.215. The number of amidine groups is 1. The highest BCUT2D eigenvalue weighted by atomic mass is 16.6. The summed E-state index contributed by atoms with van der Waals surface area (Å²) in [6.07, 6.45) is -0.716. The van der Waals surface area contributed by atoms with Crippen LogP contribution in [-0.2, 0) is 16.0 Å². The number of ether oxygens (including phenoxy) is 2. The summed E-state index contributed by atoms with van der Waals surface area (Å²) in [6.45, 7) is 5.60. The average molecular weight is 474 g/mol. The predicted octanol–water partition coefficient (Wildman–Crippen LogP) is 5.19. The Morgan fingerprint density at radius 1 is 1.03 bits per heavy atom. The van der Waals surface area contributed by atoms with Crippen LogP contribution in [-0.4, -0.2) is 40.3 Å². The van der Waals surface area contributed by atoms with Crippen LogP contribution < -0.4 is 5.32 Å². The molecule has 0 bridgehead atoms. The van der Waals surface area contributed by atoms with Crippen LogP contribution in [0.4, 0.5) is 4.79 Å². The molecule has 4 rings (SSSR count). The molecule has 0 radical (unpaired) electrons. The third-order valence-corrected chi connectivity index (χ3v) is 5.50. The Labute approximate surface area is 202 Å². The molecule has 4 aromatic rings. The van der Waals surface area contributed by atoms with Gasteiger partial charge in [0.05, 0.1) is 7.11 Å². The minimum absolute atomic E-state index is 0.117. The average Bonchev–Trinajstić information content (AvgIpc) is 3.14. The van der Waals surface area contributed by atoms with Gasteiger partial charge in [0.2, 0.25) is 0 Å². The van der Waals surface area contributed by atoms with Crippen molar-refractivity contribution < 1.29 is 24.2 Å². The monoisotopic (exact) mass is 473 g/mol. The number of phenols is 1. The zero-order chi connectivity index (χ0) is 25.3. The van der Waals surface area contributed by atoms with Gasteiger partial charge in [-0.3, -0.25) is 10.7 Å². The molecule has 1 amide bonds. The van der Waals surface area contributed by atoms with E-state index in [1.54, 1.807) is 57.2 Å². The van der Waals surface area contributed by atoms with Crippen LogP contribution in [0.3, 0.4) is 0 Å². The van der Waals surface area contributed by atoms with Gasteiger partial charge >= 0.3 is 12.1 Å². The molecule has 0 fully saturated rings. The van der Waals surface area contributed by atoms with Crippen molar-refractivity contribution in [3.8, 4) is 5.75 Å². The number of fused-ring (bicyclic) bond motifs is 2. The lowest BCUT2D eigenvalue weighted by atomic mass is 10.0. The van der Waals surface area contributed by atoms with E-state index in [1.807, 2.05) is 28.8 Å². The summed E-state index contributed by atoms with van der Waals surface area (Å²) in [6, 6.07) is 17.9. The van der Waals surface area contributed by atoms with Crippen LogP contribution in [0.1, 0.15) is 42.4 Å². The highest BCUT2D eigenvalue weighted by Crippen LogP contribution is 2.28. The highest BCUT2D eigenvalue weighted by molar-refractivity contribution is 6.07. The molecule has 1 heterocycles. The predicted molar refractivity (Wildman–Crippen MR) is 134 cm³/mol. The normalized spacial score (nSPS) is 11.4. The van der Waals surface area contributed by atoms with Crippen molar-refractivity contribution in [3.05, 3.63) is 77.5 Å². The summed E-state index contributed by atoms with van der Waals surface area (Å²) in [4.78, 5) is 24.7. The first-order valence-electron chi connectivity index (χ1n) is 11.1. The Bertz CT molecular complexity index is 1460. The second kappa shape index (κ2) is 9.13. The summed E-state index contributed by atoms with van der Waals surface area (Å²) in [5, 5.41) is 23.3. The van der Waals surface area contributed by atoms with Crippen LogP contribution in [0.15, 0.2) is 60.7 Å². The van der Waals surface area contributed by atoms with Crippen LogP contribution >= 0.6 is 0 Å². The zero-order valence-electron chi connectivity index (χ0n) is 20.0. The minimum atomic E-state index is -0.716. The Morgan fingerprint density at radius 2 is 1.80 bits per heavy atom. The number of nitrogens with zero attached hydrogens (tertiary/aromatic N) is 1. The van der Waals surface area contributed by atoms with Gasteiger partial charge in [0, 0.05) is 23.0 Å². The lowest BCUT2D eigenvalue weighted by Crippen LogP contribution is -2.36. The van der Waals surface area contributed by atoms with Crippen LogP contribution in [0, 0.1) is 5.41 Å². The fourth-order valence-corrected chi connectivity index (χ4v) is 3.98. The number of rotatable bonds is 4. The number of esters is 1. The van der Waals surface area contributed by atoms with Crippen molar-refractivity contribution in [1.82, 2.24) is 9.88 Å². The Kier molecular flexibility index (Phi) is 6.22. The number of benzene rings is 3. The van der Waals surface area contributed by atoms with E-state index in [2.05, 4.69) is 5.32 Å². The van der Waals surface area contributed by atoms with Gasteiger partial charge in [-0.05, 0) is 61.4 Å². The number of methoxy groups -OCH3 is 1. The van der Waals surface area contributed by atoms with Crippen molar-refractivity contribution >= 4 is 39.6 Å². The third-order valence-electron chi connectivity index (χ3n) is 5.50. The van der Waals surface area contributed by atoms with Gasteiger partial charge < -0.3 is 19.1 Å². The number of alkyl carbamates (subject to hydrolysis) is 1. The molecule has 0 atom stereocenters. The van der Waals surface area contributed by atoms with E-state index in [-0.39, 0.29) is 11.6 Å². The molecule has 3 aromatic carbocycles. The first kappa shape index (κ1) is 23.8. The lowest BCUT2D eigenvalue weighted by molar-refractivity contribution is 0.0559. The third kappa shape index (κ3) is 5.11. The van der Waals surface area contributed by atoms with E-state index in [1.165, 1.54) is 7.11 Å². The molecule has 0 spiro atoms. The van der Waals surface area contributed by atoms with Gasteiger partial charge in [0.25, 0.3) is 0 Å². The van der Waals surface area contributed by atoms with Gasteiger partial charge in [-0.15, -0.1) is 0 Å². The Balaban J connectivity index is 1.76. The van der Waals surface area contributed by atoms with Crippen molar-refractivity contribution in [3.63, 3.8) is 0 Å². The molecular formula is C27H27N3O5. The van der Waals surface area contributed by atoms with Crippen LogP contribution in [0.5, 0.6) is 5.75 Å². The molecule has 8 heteroatoms. The standard InChI is InChI=1S/C27H27N3O5/c1-27(2,3)35-26(33)29-24(28)18-9-8-17-13-23(25(32)34-4)30(22(17)14-18)15-19-7-5-6-16-12-20(31)10-11-21(16)19/h5-14,31H,15H2,1-4H3,(H2,28,29,33). The molecule has 0 saturated heterocycles. The van der Waals surface area contributed by atoms with Crippen LogP contribution in [0.25, 0.3) is 21.7 Å². The van der Waals surface area contributed by atoms with Gasteiger partial charge in [0.1, 0.15) is 22.9 Å². The molecule has 8 nitrogen and oxygen atoms in total. The van der Waals surface area contributed by atoms with Gasteiger partial charge in [-0.1, -0.05) is 36.4 Å². The van der Waals surface area contributed by atoms with E-state index >= 15 is 0 Å². The molecule has 0 aliphatic rings. The van der Waals surface area contributed by atoms with E-state index in [0.717, 1.165) is 21.7 Å². The molecular weight excluding hydrogens is 446 g/mol. The molecule has 0 aliphatic carbocycles. The molecule has 0 saturated carbocycles. The second-order valence-electron chi connectivity index (χ2n) is 9.21. The molecule has 35 heavy (non-hydrogen) atoms. The van der Waals surface area contributed by atoms with Crippen molar-refractivity contribution in [2.45, 2.75) is 32.9 Å². The van der Waals surface area contributed by atoms with E-state index < -0.39 is 17.7 Å². The number of aromatic nitrogens is 1. The number of phenolic OH excluding ortho intramolecular Hbond substituents is 1. The van der Waals surface area contributed by atoms with E-state index in [0.29, 0.717) is 23.3 Å². The second-order valence-corrected chi connectivity index (χ2v) is 9.21. The van der Waals surface area contributed by atoms with Gasteiger partial charge in [-0.25, -0.2) is 9.59 Å². The fraction of sp³-hybridized carbons (Fsp3) is 0.222. The lowest BCUT2D eigenvalue weighted by Gasteiger charge is -2.20. The molecule has 180 valence electrons. The van der Waals surface area contributed by atoms with E-state index in [4.69, 9.17) is 14.9 Å². The zero-order valence-corrected chi connectivity index (χ0v) is 20.0. The number of hydrogen-bond donors (Lipinski definition) is 3. The molecule has 0 unspecified atom stereocenters. The molecule has 0 aliphatic heterocycles. The number of hydrogen-bond acceptors (Lipinski definition) is 6. The number of amides is 1. The number of carbonyl (C=O) groups is 2. The van der Waals surface area contributed by atoms with Gasteiger partial charge in [-0.2, -0.15) is 0 Å². The largest absolute Gasteiger partial charge is 0.508 e. The summed E-state index contributed by atoms with van der Waals surface area (Å²) in [7, 11) is 1.33. The van der Waals surface area contributed by atoms with Crippen LogP contribution in [0.2, 0.25) is 0 Å². The smallest absolute Gasteiger partial charge is 0.413 e. The van der Waals surface area contributed by atoms with E-state index in [9.17, 15) is 14.7 Å². The number of carbonyl (C=O) groups excluding carboxylic acids is 2. The Hall–Kier alpha value is -4.33. The number of nitrogens with one attached hydrogen (secondary N) is 2. The fourth-order valence-electron chi connectivity index (χ4n) is 3.98. The first-order valence-corrected chi connectivity index (χ1v) is 11.1. The maximum atomic E-state index is 12.6. The summed E-state index contributed by atoms with van der Waals surface area (Å²) < 4.78 is 12.1. The van der Waals surface area contributed by atoms with Crippen molar-refractivity contribution in [2.75, 3.05) is 7.11 Å². The summed E-state index contributed by atoms with van der Waals surface area (Å²) in [5.41, 5.74) is 1.78. The molecule has 1 aromatic heterocycles. The number of aromatic hydroxyl groups is 1. The summed E-state index contributed by atoms with van der Waals surface area (Å²) >= 11 is 0. The van der Waals surface area contributed by atoms with Crippen molar-refractivity contribution in [1.29, 1.82) is 5.41 Å². The minimum Gasteiger partial charge on any atom is -0.508 e. The first-order chi connectivity index (χ1) is 16.6. The maximum absolute atomic E-state index is 12.6. The maximum Gasteiger partial charge on any atom is 0.413 e. The summed E-state index contributed by atoms with van der Waals surface area (Å²) in [5.74, 6) is -0.423. The van der Waals surface area contributed by atoms with Gasteiger partial charge in [0.15, 0.2) is 0 Å². The SMILES string of the molecule is COC(=O)c1cc2ccc(C(=N)NC(=O)OC(C)(C)C)cc2n1Cc1cccc2cc(O)ccc12. The topological polar surface area (TPSA) is 114 Å². The van der Waals surface area contributed by atoms with Crippen molar-refractivity contribution in [2.24, 2.45) is 0 Å². The highest BCUT2D eigenvalue weighted by Gasteiger charge is 2.20.